The van der Waals surface area contributed by atoms with Gasteiger partial charge in [0.05, 0.1) is 0 Å². The standard InChI is InChI=1S/2C14H11N3OS.2ClH.Cu/c2*1-10-6-5-9-12-15-14(19-17(10)12)16-13(18)11-7-3-2-4-8-11;;;/h2*2-9H,1H3;2*1H;/q;;;;+2/p-2. The van der Waals surface area contributed by atoms with E-state index in [9.17, 15) is 9.59 Å². The van der Waals surface area contributed by atoms with Gasteiger partial charge in [0, 0.05) is 22.5 Å². The molecule has 41 heavy (non-hydrogen) atoms. The zero-order chi connectivity index (χ0) is 26.5. The molecule has 6 aromatic rings. The van der Waals surface area contributed by atoms with E-state index in [1.165, 1.54) is 23.1 Å². The van der Waals surface area contributed by atoms with Crippen LogP contribution in [-0.2, 0) is 17.1 Å². The molecular weight excluding hydrogens is 651 g/mol. The van der Waals surface area contributed by atoms with Gasteiger partial charge >= 0.3 is 17.1 Å². The van der Waals surface area contributed by atoms with Crippen molar-refractivity contribution < 1.29 is 51.5 Å². The minimum absolute atomic E-state index is 0. The van der Waals surface area contributed by atoms with Crippen molar-refractivity contribution in [1.82, 2.24) is 17.5 Å². The second kappa shape index (κ2) is 15.5. The number of amides is 2. The first-order chi connectivity index (χ1) is 18.5. The van der Waals surface area contributed by atoms with Gasteiger partial charge in [-0.1, -0.05) is 48.5 Å². The van der Waals surface area contributed by atoms with Crippen molar-refractivity contribution in [2.75, 3.05) is 0 Å². The summed E-state index contributed by atoms with van der Waals surface area (Å²) >= 11 is 2.73. The Morgan fingerprint density at radius 3 is 1.29 bits per heavy atom. The second-order valence-corrected chi connectivity index (χ2v) is 10.0. The second-order valence-electron chi connectivity index (χ2n) is 8.18. The first-order valence-corrected chi connectivity index (χ1v) is 13.2. The summed E-state index contributed by atoms with van der Waals surface area (Å²) in [5.41, 5.74) is 4.91. The molecule has 13 heteroatoms. The van der Waals surface area contributed by atoms with Gasteiger partial charge < -0.3 is 24.8 Å². The van der Waals surface area contributed by atoms with E-state index in [1.54, 1.807) is 24.3 Å². The quantitative estimate of drug-likeness (QED) is 0.219. The van der Waals surface area contributed by atoms with Crippen LogP contribution in [0, 0.1) is 13.8 Å². The van der Waals surface area contributed by atoms with Crippen LogP contribution in [0.1, 0.15) is 32.1 Å². The van der Waals surface area contributed by atoms with Crippen LogP contribution in [0.5, 0.6) is 0 Å². The molecule has 0 atom stereocenters. The maximum atomic E-state index is 12.0. The number of hydrogen-bond donors (Lipinski definition) is 0. The molecule has 8 nitrogen and oxygen atoms in total. The predicted octanol–water partition coefficient (Wildman–Crippen LogP) is -1.10. The first kappa shape index (κ1) is 33.8. The summed E-state index contributed by atoms with van der Waals surface area (Å²) in [5.74, 6) is -0.532. The Balaban J connectivity index is 0.000000267. The Bertz CT molecular complexity index is 1760. The average Bonchev–Trinajstić information content (AvgIpc) is 3.55. The van der Waals surface area contributed by atoms with Crippen LogP contribution < -0.4 is 34.4 Å². The van der Waals surface area contributed by atoms with Crippen LogP contribution in [0.2, 0.25) is 0 Å². The number of aromatic nitrogens is 4. The molecule has 0 aliphatic rings. The number of carbonyl (C=O) groups excluding carboxylic acids is 2. The molecule has 2 amide bonds. The predicted molar refractivity (Wildman–Crippen MR) is 148 cm³/mol. The Morgan fingerprint density at radius 1 is 0.585 bits per heavy atom. The van der Waals surface area contributed by atoms with E-state index in [1.807, 2.05) is 94.2 Å². The van der Waals surface area contributed by atoms with Gasteiger partial charge in [-0.05, 0) is 85.4 Å². The van der Waals surface area contributed by atoms with Crippen LogP contribution >= 0.6 is 23.1 Å². The zero-order valence-electron chi connectivity index (χ0n) is 21.6. The Morgan fingerprint density at radius 2 is 0.951 bits per heavy atom. The molecule has 4 heterocycles. The summed E-state index contributed by atoms with van der Waals surface area (Å²) in [6.45, 7) is 3.99. The van der Waals surface area contributed by atoms with E-state index in [2.05, 4.69) is 20.0 Å². The van der Waals surface area contributed by atoms with Crippen molar-refractivity contribution in [3.8, 4) is 0 Å². The van der Waals surface area contributed by atoms with Gasteiger partial charge in [-0.3, -0.25) is 17.2 Å². The summed E-state index contributed by atoms with van der Waals surface area (Å²) in [5, 5.41) is 0. The number of rotatable bonds is 2. The largest absolute Gasteiger partial charge is 2.00 e. The van der Waals surface area contributed by atoms with Gasteiger partial charge in [0.2, 0.25) is 9.60 Å². The molecule has 0 bridgehead atoms. The smallest absolute Gasteiger partial charge is 1.00 e. The first-order valence-electron chi connectivity index (χ1n) is 11.7. The minimum Gasteiger partial charge on any atom is -1.00 e. The fourth-order valence-corrected chi connectivity index (χ4v) is 5.18. The molecule has 0 fully saturated rings. The van der Waals surface area contributed by atoms with Gasteiger partial charge in [0.25, 0.3) is 11.8 Å². The SMILES string of the molecule is Cc1cccc2nc(=NC(=O)c3ccccc3)sn12.Cc1cccc2nc(=NC(=O)c3ccccc3)sn12.[Cl-].[Cl-].[Cu+2]. The summed E-state index contributed by atoms with van der Waals surface area (Å²) in [6, 6.07) is 29.7. The van der Waals surface area contributed by atoms with E-state index in [0.29, 0.717) is 20.7 Å². The molecule has 2 aromatic carbocycles. The normalized spacial score (nSPS) is 11.1. The number of pyridine rings is 2. The average molecular weight is 673 g/mol. The summed E-state index contributed by atoms with van der Waals surface area (Å²) in [7, 11) is 0. The molecule has 0 spiro atoms. The van der Waals surface area contributed by atoms with Crippen molar-refractivity contribution in [2.24, 2.45) is 9.98 Å². The van der Waals surface area contributed by atoms with E-state index in [0.717, 1.165) is 22.7 Å². The molecule has 4 aromatic heterocycles. The van der Waals surface area contributed by atoms with Crippen LogP contribution in [0.25, 0.3) is 11.3 Å². The third-order valence-corrected chi connectivity index (χ3v) is 7.43. The summed E-state index contributed by atoms with van der Waals surface area (Å²) in [4.78, 5) is 41.7. The third-order valence-electron chi connectivity index (χ3n) is 5.42. The van der Waals surface area contributed by atoms with E-state index in [4.69, 9.17) is 0 Å². The van der Waals surface area contributed by atoms with Crippen molar-refractivity contribution in [1.29, 1.82) is 0 Å². The fraction of sp³-hybridized carbons (Fsp3) is 0.0714. The third kappa shape index (κ3) is 8.29. The van der Waals surface area contributed by atoms with Gasteiger partial charge in [0.1, 0.15) is 11.3 Å². The number of carbonyl (C=O) groups is 2. The number of nitrogens with zero attached hydrogens (tertiary/aromatic N) is 6. The van der Waals surface area contributed by atoms with Crippen molar-refractivity contribution in [2.45, 2.75) is 13.8 Å². The van der Waals surface area contributed by atoms with Crippen molar-refractivity contribution in [3.63, 3.8) is 0 Å². The number of aryl methyl sites for hydroxylation is 2. The zero-order valence-corrected chi connectivity index (χ0v) is 25.7. The topological polar surface area (TPSA) is 93.5 Å². The Hall–Kier alpha value is -3.44. The van der Waals surface area contributed by atoms with E-state index >= 15 is 0 Å². The van der Waals surface area contributed by atoms with Crippen LogP contribution in [0.15, 0.2) is 107 Å². The summed E-state index contributed by atoms with van der Waals surface area (Å²) < 4.78 is 3.91. The van der Waals surface area contributed by atoms with Crippen LogP contribution in [0.3, 0.4) is 0 Å². The number of benzene rings is 2. The maximum absolute atomic E-state index is 12.0. The molecule has 0 aliphatic heterocycles. The van der Waals surface area contributed by atoms with Gasteiger partial charge in [-0.2, -0.15) is 20.0 Å². The van der Waals surface area contributed by atoms with Gasteiger partial charge in [-0.25, -0.2) is 0 Å². The Labute approximate surface area is 266 Å². The Kier molecular flexibility index (Phi) is 12.8. The molecule has 1 radical (unpaired) electrons. The van der Waals surface area contributed by atoms with E-state index in [-0.39, 0.29) is 53.7 Å². The van der Waals surface area contributed by atoms with Gasteiger partial charge in [0.15, 0.2) is 0 Å². The molecule has 0 N–H and O–H groups in total. The van der Waals surface area contributed by atoms with Crippen molar-refractivity contribution in [3.05, 3.63) is 129 Å². The molecule has 0 unspecified atom stereocenters. The maximum Gasteiger partial charge on any atom is 2.00 e. The fourth-order valence-electron chi connectivity index (χ4n) is 3.54. The van der Waals surface area contributed by atoms with Crippen molar-refractivity contribution >= 4 is 46.2 Å². The van der Waals surface area contributed by atoms with E-state index < -0.39 is 0 Å². The minimum atomic E-state index is -0.266. The van der Waals surface area contributed by atoms with Crippen LogP contribution in [0.4, 0.5) is 0 Å². The molecule has 0 aliphatic carbocycles. The number of hydrogen-bond acceptors (Lipinski definition) is 6. The molecule has 0 saturated heterocycles. The molecule has 6 rings (SSSR count). The molecule has 213 valence electrons. The number of fused-ring (bicyclic) bond motifs is 2. The van der Waals surface area contributed by atoms with Crippen LogP contribution in [-0.4, -0.2) is 29.4 Å². The van der Waals surface area contributed by atoms with Gasteiger partial charge in [-0.15, -0.1) is 0 Å². The summed E-state index contributed by atoms with van der Waals surface area (Å²) in [6.07, 6.45) is 0. The monoisotopic (exact) mass is 671 g/mol. The number of halogens is 2. The molecular formula is C28H22Cl2CuN6O2S2. The molecule has 0 saturated carbocycles.